The Kier molecular flexibility index (Phi) is 3.25. The Morgan fingerprint density at radius 3 is 2.85 bits per heavy atom. The van der Waals surface area contributed by atoms with E-state index in [1.165, 1.54) is 4.90 Å². The fourth-order valence-electron chi connectivity index (χ4n) is 1.59. The van der Waals surface area contributed by atoms with Crippen molar-refractivity contribution in [3.63, 3.8) is 0 Å². The van der Waals surface area contributed by atoms with Crippen molar-refractivity contribution in [2.24, 2.45) is 5.90 Å². The fraction of sp³-hybridized carbons (Fsp3) is 0.750. The van der Waals surface area contributed by atoms with Crippen LogP contribution in [-0.2, 0) is 14.4 Å². The summed E-state index contributed by atoms with van der Waals surface area (Å²) in [5.41, 5.74) is 0. The molecule has 0 aliphatic carbocycles. The van der Waals surface area contributed by atoms with Crippen LogP contribution in [0.4, 0.5) is 0 Å². The molecule has 1 saturated heterocycles. The molecule has 1 rings (SSSR count). The molecule has 0 aromatic heterocycles. The minimum absolute atomic E-state index is 0.0113. The SMILES string of the molecule is CCC(C(=O)ON)N1CCCC1=O. The van der Waals surface area contributed by atoms with Crippen LogP contribution < -0.4 is 5.90 Å². The van der Waals surface area contributed by atoms with Gasteiger partial charge in [0.15, 0.2) is 0 Å². The summed E-state index contributed by atoms with van der Waals surface area (Å²) in [5, 5.41) is 0. The Labute approximate surface area is 76.8 Å². The highest BCUT2D eigenvalue weighted by atomic mass is 16.7. The average molecular weight is 186 g/mol. The topological polar surface area (TPSA) is 72.6 Å². The van der Waals surface area contributed by atoms with Crippen molar-refractivity contribution < 1.29 is 14.4 Å². The highest BCUT2D eigenvalue weighted by Crippen LogP contribution is 2.16. The van der Waals surface area contributed by atoms with Crippen LogP contribution in [-0.4, -0.2) is 29.4 Å². The van der Waals surface area contributed by atoms with Gasteiger partial charge in [-0.2, -0.15) is 5.90 Å². The zero-order valence-electron chi connectivity index (χ0n) is 7.66. The van der Waals surface area contributed by atoms with Crippen LogP contribution in [0, 0.1) is 0 Å². The van der Waals surface area contributed by atoms with Gasteiger partial charge in [0.1, 0.15) is 6.04 Å². The molecule has 1 aliphatic heterocycles. The van der Waals surface area contributed by atoms with E-state index in [4.69, 9.17) is 5.90 Å². The second-order valence-corrected chi connectivity index (χ2v) is 3.05. The zero-order chi connectivity index (χ0) is 9.84. The standard InChI is InChI=1S/C8H14N2O3/c1-2-6(8(12)13-9)10-5-3-4-7(10)11/h6H,2-5,9H2,1H3. The Hall–Kier alpha value is -1.10. The number of amides is 1. The summed E-state index contributed by atoms with van der Waals surface area (Å²) in [6.07, 6.45) is 1.88. The second kappa shape index (κ2) is 4.23. The van der Waals surface area contributed by atoms with Crippen LogP contribution in [0.2, 0.25) is 0 Å². The van der Waals surface area contributed by atoms with Gasteiger partial charge < -0.3 is 9.74 Å². The second-order valence-electron chi connectivity index (χ2n) is 3.05. The number of rotatable bonds is 3. The van der Waals surface area contributed by atoms with Crippen LogP contribution in [0.15, 0.2) is 0 Å². The molecular weight excluding hydrogens is 172 g/mol. The van der Waals surface area contributed by atoms with Crippen molar-refractivity contribution >= 4 is 11.9 Å². The highest BCUT2D eigenvalue weighted by Gasteiger charge is 2.32. The van der Waals surface area contributed by atoms with Crippen molar-refractivity contribution in [2.75, 3.05) is 6.54 Å². The summed E-state index contributed by atoms with van der Waals surface area (Å²) in [5.74, 6) is 4.26. The lowest BCUT2D eigenvalue weighted by Crippen LogP contribution is -2.43. The maximum absolute atomic E-state index is 11.3. The Morgan fingerprint density at radius 1 is 1.77 bits per heavy atom. The van der Waals surface area contributed by atoms with Gasteiger partial charge >= 0.3 is 5.97 Å². The lowest BCUT2D eigenvalue weighted by Gasteiger charge is -2.23. The zero-order valence-corrected chi connectivity index (χ0v) is 7.66. The average Bonchev–Trinajstić information content (AvgIpc) is 2.53. The van der Waals surface area contributed by atoms with Gasteiger partial charge in [-0.3, -0.25) is 4.79 Å². The van der Waals surface area contributed by atoms with Crippen LogP contribution in [0.5, 0.6) is 0 Å². The van der Waals surface area contributed by atoms with E-state index in [0.717, 1.165) is 6.42 Å². The summed E-state index contributed by atoms with van der Waals surface area (Å²) >= 11 is 0. The number of likely N-dealkylation sites (tertiary alicyclic amines) is 1. The summed E-state index contributed by atoms with van der Waals surface area (Å²) < 4.78 is 0. The molecule has 1 fully saturated rings. The molecule has 2 N–H and O–H groups in total. The normalized spacial score (nSPS) is 18.9. The highest BCUT2D eigenvalue weighted by molar-refractivity contribution is 5.85. The Morgan fingerprint density at radius 2 is 2.46 bits per heavy atom. The van der Waals surface area contributed by atoms with E-state index in [1.807, 2.05) is 6.92 Å². The predicted octanol–water partition coefficient (Wildman–Crippen LogP) is -0.196. The van der Waals surface area contributed by atoms with E-state index in [-0.39, 0.29) is 5.91 Å². The lowest BCUT2D eigenvalue weighted by molar-refractivity contribution is -0.154. The fourth-order valence-corrected chi connectivity index (χ4v) is 1.59. The van der Waals surface area contributed by atoms with Gasteiger partial charge in [-0.25, -0.2) is 4.79 Å². The Bertz CT molecular complexity index is 217. The molecule has 1 unspecified atom stereocenters. The summed E-state index contributed by atoms with van der Waals surface area (Å²) in [6.45, 7) is 2.46. The van der Waals surface area contributed by atoms with E-state index in [9.17, 15) is 9.59 Å². The molecule has 1 heterocycles. The lowest BCUT2D eigenvalue weighted by atomic mass is 10.2. The number of carbonyl (C=O) groups excluding carboxylic acids is 2. The van der Waals surface area contributed by atoms with Crippen LogP contribution in [0.1, 0.15) is 26.2 Å². The molecule has 5 nitrogen and oxygen atoms in total. The summed E-state index contributed by atoms with van der Waals surface area (Å²) in [7, 11) is 0. The molecule has 13 heavy (non-hydrogen) atoms. The smallest absolute Gasteiger partial charge is 0.347 e. The number of nitrogens with two attached hydrogens (primary N) is 1. The first-order chi connectivity index (χ1) is 6.20. The molecule has 5 heteroatoms. The number of carbonyl (C=O) groups is 2. The maximum atomic E-state index is 11.3. The van der Waals surface area contributed by atoms with Crippen molar-refractivity contribution in [1.29, 1.82) is 0 Å². The van der Waals surface area contributed by atoms with E-state index >= 15 is 0 Å². The van der Waals surface area contributed by atoms with Crippen molar-refractivity contribution in [3.8, 4) is 0 Å². The molecule has 0 saturated carbocycles. The van der Waals surface area contributed by atoms with Gasteiger partial charge in [0.2, 0.25) is 5.91 Å². The summed E-state index contributed by atoms with van der Waals surface area (Å²) in [4.78, 5) is 28.1. The third-order valence-corrected chi connectivity index (χ3v) is 2.26. The van der Waals surface area contributed by atoms with E-state index < -0.39 is 12.0 Å². The maximum Gasteiger partial charge on any atom is 0.347 e. The Balaban J connectivity index is 2.65. The van der Waals surface area contributed by atoms with Gasteiger partial charge in [-0.1, -0.05) is 6.92 Å². The number of hydrogen-bond donors (Lipinski definition) is 1. The quantitative estimate of drug-likeness (QED) is 0.620. The van der Waals surface area contributed by atoms with Crippen molar-refractivity contribution in [1.82, 2.24) is 4.90 Å². The van der Waals surface area contributed by atoms with Gasteiger partial charge in [0, 0.05) is 13.0 Å². The summed E-state index contributed by atoms with van der Waals surface area (Å²) in [6, 6.07) is -0.500. The minimum Gasteiger partial charge on any atom is -0.372 e. The molecule has 0 bridgehead atoms. The third-order valence-electron chi connectivity index (χ3n) is 2.26. The molecule has 0 radical (unpaired) electrons. The monoisotopic (exact) mass is 186 g/mol. The van der Waals surface area contributed by atoms with Crippen LogP contribution in [0.25, 0.3) is 0 Å². The first-order valence-corrected chi connectivity index (χ1v) is 4.40. The van der Waals surface area contributed by atoms with Crippen LogP contribution in [0.3, 0.4) is 0 Å². The van der Waals surface area contributed by atoms with E-state index in [2.05, 4.69) is 4.84 Å². The van der Waals surface area contributed by atoms with Crippen LogP contribution >= 0.6 is 0 Å². The molecule has 0 aromatic rings. The molecule has 1 amide bonds. The van der Waals surface area contributed by atoms with Gasteiger partial charge in [-0.15, -0.1) is 0 Å². The number of hydrogen-bond acceptors (Lipinski definition) is 4. The van der Waals surface area contributed by atoms with Gasteiger partial charge in [0.05, 0.1) is 0 Å². The van der Waals surface area contributed by atoms with Gasteiger partial charge in [0.25, 0.3) is 0 Å². The predicted molar refractivity (Wildman–Crippen MR) is 45.3 cm³/mol. The third kappa shape index (κ3) is 1.98. The van der Waals surface area contributed by atoms with Crippen molar-refractivity contribution in [2.45, 2.75) is 32.2 Å². The first-order valence-electron chi connectivity index (χ1n) is 4.40. The molecule has 1 atom stereocenters. The first kappa shape index (κ1) is 9.98. The van der Waals surface area contributed by atoms with E-state index in [1.54, 1.807) is 0 Å². The van der Waals surface area contributed by atoms with Gasteiger partial charge in [-0.05, 0) is 12.8 Å². The molecule has 74 valence electrons. The van der Waals surface area contributed by atoms with E-state index in [0.29, 0.717) is 19.4 Å². The molecule has 0 aromatic carbocycles. The molecular formula is C8H14N2O3. The minimum atomic E-state index is -0.530. The molecule has 1 aliphatic rings. The largest absolute Gasteiger partial charge is 0.372 e. The number of nitrogens with zero attached hydrogens (tertiary/aromatic N) is 1. The molecule has 0 spiro atoms. The van der Waals surface area contributed by atoms with Crippen molar-refractivity contribution in [3.05, 3.63) is 0 Å².